The van der Waals surface area contributed by atoms with Crippen LogP contribution in [0, 0.1) is 6.92 Å². The summed E-state index contributed by atoms with van der Waals surface area (Å²) in [4.78, 5) is 29.7. The van der Waals surface area contributed by atoms with Crippen LogP contribution in [0.25, 0.3) is 21.9 Å². The molecule has 0 fully saturated rings. The number of aryl methyl sites for hydroxylation is 3. The molecule has 2 heterocycles. The molecule has 0 radical (unpaired) electrons. The van der Waals surface area contributed by atoms with Crippen molar-refractivity contribution in [1.29, 1.82) is 0 Å². The molecule has 0 aliphatic carbocycles. The highest BCUT2D eigenvalue weighted by Crippen LogP contribution is 2.24. The number of rotatable bonds is 5. The Morgan fingerprint density at radius 3 is 2.54 bits per heavy atom. The van der Waals surface area contributed by atoms with Crippen molar-refractivity contribution in [1.82, 2.24) is 14.1 Å². The third kappa shape index (κ3) is 3.07. The Hall–Kier alpha value is -3.41. The van der Waals surface area contributed by atoms with E-state index in [1.165, 1.54) is 0 Å². The van der Waals surface area contributed by atoms with Gasteiger partial charge in [-0.2, -0.15) is 0 Å². The van der Waals surface area contributed by atoms with E-state index in [1.807, 2.05) is 62.4 Å². The Morgan fingerprint density at radius 2 is 1.79 bits per heavy atom. The quantitative estimate of drug-likeness (QED) is 0.579. The molecule has 28 heavy (non-hydrogen) atoms. The van der Waals surface area contributed by atoms with Gasteiger partial charge in [-0.05, 0) is 49.7 Å². The lowest BCUT2D eigenvalue weighted by Gasteiger charge is -2.10. The third-order valence-electron chi connectivity index (χ3n) is 5.05. The molecule has 0 aliphatic heterocycles. The molecule has 1 N–H and O–H groups in total. The van der Waals surface area contributed by atoms with Crippen molar-refractivity contribution in [2.24, 2.45) is 0 Å². The molecule has 6 nitrogen and oxygen atoms in total. The van der Waals surface area contributed by atoms with Gasteiger partial charge < -0.3 is 5.32 Å². The first-order chi connectivity index (χ1) is 13.6. The van der Waals surface area contributed by atoms with Crippen LogP contribution in [0.3, 0.4) is 0 Å². The summed E-state index contributed by atoms with van der Waals surface area (Å²) in [5, 5.41) is 3.88. The van der Waals surface area contributed by atoms with Crippen molar-refractivity contribution in [2.75, 3.05) is 5.32 Å². The van der Waals surface area contributed by atoms with E-state index < -0.39 is 0 Å². The fourth-order valence-electron chi connectivity index (χ4n) is 3.64. The maximum absolute atomic E-state index is 12.7. The van der Waals surface area contributed by atoms with Crippen molar-refractivity contribution < 1.29 is 4.79 Å². The Morgan fingerprint density at radius 1 is 1.04 bits per heavy atom. The van der Waals surface area contributed by atoms with E-state index in [4.69, 9.17) is 0 Å². The van der Waals surface area contributed by atoms with Crippen molar-refractivity contribution in [3.8, 4) is 0 Å². The Labute approximate surface area is 162 Å². The number of nitrogens with zero attached hydrogens (tertiary/aromatic N) is 3. The second kappa shape index (κ2) is 7.31. The molecular formula is C22H22N4O2. The molecule has 0 spiro atoms. The molecule has 4 rings (SSSR count). The van der Waals surface area contributed by atoms with Crippen LogP contribution >= 0.6 is 0 Å². The molecule has 0 bridgehead atoms. The Bertz CT molecular complexity index is 1240. The summed E-state index contributed by atoms with van der Waals surface area (Å²) in [6.07, 6.45) is 1.96. The van der Waals surface area contributed by atoms with E-state index in [0.717, 1.165) is 33.2 Å². The predicted molar refractivity (Wildman–Crippen MR) is 112 cm³/mol. The maximum Gasteiger partial charge on any atom is 0.329 e. The van der Waals surface area contributed by atoms with Gasteiger partial charge in [0, 0.05) is 31.1 Å². The number of hydrogen-bond acceptors (Lipinski definition) is 3. The van der Waals surface area contributed by atoms with Gasteiger partial charge in [-0.15, -0.1) is 0 Å². The van der Waals surface area contributed by atoms with Crippen molar-refractivity contribution >= 4 is 33.5 Å². The highest BCUT2D eigenvalue weighted by Gasteiger charge is 2.13. The average molecular weight is 374 g/mol. The molecule has 0 aliphatic rings. The standard InChI is InChI=1S/C22H22N4O2/c1-3-25-18-8-4-5-9-19(18)26(22(25)28)14-12-20(27)24-17-11-10-15(2)21-16(17)7-6-13-23-21/h4-11,13H,3,12,14H2,1-2H3,(H,24,27). The monoisotopic (exact) mass is 374 g/mol. The molecule has 0 unspecified atom stereocenters. The lowest BCUT2D eigenvalue weighted by Crippen LogP contribution is -2.25. The van der Waals surface area contributed by atoms with Gasteiger partial charge in [0.15, 0.2) is 0 Å². The number of benzene rings is 2. The van der Waals surface area contributed by atoms with Crippen LogP contribution in [-0.2, 0) is 17.9 Å². The van der Waals surface area contributed by atoms with E-state index in [1.54, 1.807) is 15.3 Å². The minimum Gasteiger partial charge on any atom is -0.325 e. The predicted octanol–water partition coefficient (Wildman–Crippen LogP) is 3.71. The number of anilines is 1. The number of imidazole rings is 1. The summed E-state index contributed by atoms with van der Waals surface area (Å²) in [7, 11) is 0. The van der Waals surface area contributed by atoms with E-state index in [9.17, 15) is 9.59 Å². The van der Waals surface area contributed by atoms with Crippen molar-refractivity contribution in [2.45, 2.75) is 33.4 Å². The van der Waals surface area contributed by atoms with E-state index in [0.29, 0.717) is 13.1 Å². The van der Waals surface area contributed by atoms with Crippen LogP contribution in [0.4, 0.5) is 5.69 Å². The zero-order valence-corrected chi connectivity index (χ0v) is 16.0. The van der Waals surface area contributed by atoms with Gasteiger partial charge >= 0.3 is 5.69 Å². The first kappa shape index (κ1) is 18.0. The van der Waals surface area contributed by atoms with Crippen LogP contribution in [0.2, 0.25) is 0 Å². The fraction of sp³-hybridized carbons (Fsp3) is 0.227. The minimum atomic E-state index is -0.130. The van der Waals surface area contributed by atoms with Crippen LogP contribution in [0.5, 0.6) is 0 Å². The minimum absolute atomic E-state index is 0.0820. The van der Waals surface area contributed by atoms with Crippen LogP contribution in [0.1, 0.15) is 18.9 Å². The molecule has 0 atom stereocenters. The van der Waals surface area contributed by atoms with Gasteiger partial charge in [-0.1, -0.05) is 18.2 Å². The molecule has 142 valence electrons. The topological polar surface area (TPSA) is 68.9 Å². The molecule has 0 saturated carbocycles. The summed E-state index contributed by atoms with van der Waals surface area (Å²) >= 11 is 0. The SMILES string of the molecule is CCn1c(=O)n(CCC(=O)Nc2ccc(C)c3ncccc23)c2ccccc21. The van der Waals surface area contributed by atoms with Crippen LogP contribution in [-0.4, -0.2) is 20.0 Å². The van der Waals surface area contributed by atoms with Gasteiger partial charge in [0.05, 0.1) is 22.2 Å². The van der Waals surface area contributed by atoms with Gasteiger partial charge in [-0.25, -0.2) is 4.79 Å². The lowest BCUT2D eigenvalue weighted by molar-refractivity contribution is -0.116. The number of aromatic nitrogens is 3. The zero-order chi connectivity index (χ0) is 19.7. The number of nitrogens with one attached hydrogen (secondary N) is 1. The van der Waals surface area contributed by atoms with Crippen molar-refractivity contribution in [3.63, 3.8) is 0 Å². The van der Waals surface area contributed by atoms with Crippen LogP contribution in [0.15, 0.2) is 59.5 Å². The van der Waals surface area contributed by atoms with E-state index in [2.05, 4.69) is 10.3 Å². The summed E-state index contributed by atoms with van der Waals surface area (Å²) in [6, 6.07) is 15.3. The highest BCUT2D eigenvalue weighted by atomic mass is 16.2. The van der Waals surface area contributed by atoms with E-state index >= 15 is 0 Å². The number of para-hydroxylation sites is 2. The summed E-state index contributed by atoms with van der Waals surface area (Å²) in [5.74, 6) is -0.130. The van der Waals surface area contributed by atoms with E-state index in [-0.39, 0.29) is 18.0 Å². The highest BCUT2D eigenvalue weighted by molar-refractivity contribution is 6.01. The van der Waals surface area contributed by atoms with Gasteiger partial charge in [0.1, 0.15) is 0 Å². The Balaban J connectivity index is 1.57. The number of amides is 1. The van der Waals surface area contributed by atoms with Crippen molar-refractivity contribution in [3.05, 3.63) is 70.8 Å². The number of hydrogen-bond donors (Lipinski definition) is 1. The lowest BCUT2D eigenvalue weighted by atomic mass is 10.1. The van der Waals surface area contributed by atoms with Gasteiger partial charge in [-0.3, -0.25) is 18.9 Å². The smallest absolute Gasteiger partial charge is 0.325 e. The molecule has 0 saturated heterocycles. The van der Waals surface area contributed by atoms with Crippen LogP contribution < -0.4 is 11.0 Å². The number of fused-ring (bicyclic) bond motifs is 2. The normalized spacial score (nSPS) is 11.2. The fourth-order valence-corrected chi connectivity index (χ4v) is 3.64. The first-order valence-electron chi connectivity index (χ1n) is 9.42. The molecule has 6 heteroatoms. The summed E-state index contributed by atoms with van der Waals surface area (Å²) in [6.45, 7) is 4.87. The molecular weight excluding hydrogens is 352 g/mol. The number of carbonyl (C=O) groups is 1. The van der Waals surface area contributed by atoms with Gasteiger partial charge in [0.2, 0.25) is 5.91 Å². The van der Waals surface area contributed by atoms with Gasteiger partial charge in [0.25, 0.3) is 0 Å². The first-order valence-corrected chi connectivity index (χ1v) is 9.42. The maximum atomic E-state index is 12.7. The average Bonchev–Trinajstić information content (AvgIpc) is 2.99. The second-order valence-electron chi connectivity index (χ2n) is 6.79. The molecule has 1 amide bonds. The molecule has 2 aromatic heterocycles. The summed E-state index contributed by atoms with van der Waals surface area (Å²) in [5.41, 5.74) is 4.34. The largest absolute Gasteiger partial charge is 0.329 e. The summed E-state index contributed by atoms with van der Waals surface area (Å²) < 4.78 is 3.40. The molecule has 4 aromatic rings. The number of carbonyl (C=O) groups excluding carboxylic acids is 1. The Kier molecular flexibility index (Phi) is 4.69. The molecule has 2 aromatic carbocycles. The zero-order valence-electron chi connectivity index (χ0n) is 16.0. The second-order valence-corrected chi connectivity index (χ2v) is 6.79. The third-order valence-corrected chi connectivity index (χ3v) is 5.05. The number of pyridine rings is 1.